The Morgan fingerprint density at radius 1 is 1.45 bits per heavy atom. The number of phenols is 1. The van der Waals surface area contributed by atoms with Crippen LogP contribution in [0, 0.1) is 0 Å². The number of phenolic OH excluding ortho intramolecular Hbond substituents is 1. The molecule has 0 spiro atoms. The van der Waals surface area contributed by atoms with E-state index in [-0.39, 0.29) is 24.8 Å². The second-order valence-corrected chi connectivity index (χ2v) is 4.47. The van der Waals surface area contributed by atoms with Gasteiger partial charge in [0.05, 0.1) is 6.54 Å². The topological polar surface area (TPSA) is 105 Å². The molecule has 1 aliphatic heterocycles. The van der Waals surface area contributed by atoms with Gasteiger partial charge in [-0.1, -0.05) is 12.1 Å². The molecule has 1 atom stereocenters. The largest absolute Gasteiger partial charge is 0.508 e. The third kappa shape index (κ3) is 3.18. The van der Waals surface area contributed by atoms with E-state index in [0.717, 1.165) is 5.56 Å². The second kappa shape index (κ2) is 6.25. The fraction of sp³-hybridized carbons (Fsp3) is 0.385. The van der Waals surface area contributed by atoms with E-state index < -0.39 is 12.1 Å². The average Bonchev–Trinajstić information content (AvgIpc) is 2.80. The van der Waals surface area contributed by atoms with Gasteiger partial charge >= 0.3 is 6.09 Å². The molecule has 0 aromatic heterocycles. The molecule has 7 heteroatoms. The van der Waals surface area contributed by atoms with Crippen molar-refractivity contribution < 1.29 is 19.4 Å². The lowest BCUT2D eigenvalue weighted by Gasteiger charge is -2.20. The first-order valence-corrected chi connectivity index (χ1v) is 6.31. The molecule has 1 aliphatic rings. The predicted octanol–water partition coefficient (Wildman–Crippen LogP) is -0.212. The summed E-state index contributed by atoms with van der Waals surface area (Å²) < 4.78 is 4.92. The molecular weight excluding hydrogens is 262 g/mol. The van der Waals surface area contributed by atoms with E-state index in [1.807, 2.05) is 0 Å². The Morgan fingerprint density at radius 3 is 2.80 bits per heavy atom. The number of carbonyl (C=O) groups excluding carboxylic acids is 2. The second-order valence-electron chi connectivity index (χ2n) is 4.47. The molecular formula is C13H17N3O4. The van der Waals surface area contributed by atoms with Gasteiger partial charge in [-0.2, -0.15) is 0 Å². The summed E-state index contributed by atoms with van der Waals surface area (Å²) in [5.74, 6) is -0.130. The maximum Gasteiger partial charge on any atom is 0.410 e. The first-order valence-electron chi connectivity index (χ1n) is 6.31. The Balaban J connectivity index is 2.04. The van der Waals surface area contributed by atoms with Crippen LogP contribution in [0.1, 0.15) is 5.56 Å². The lowest BCUT2D eigenvalue weighted by atomic mass is 10.2. The summed E-state index contributed by atoms with van der Waals surface area (Å²) in [5, 5.41) is 11.9. The van der Waals surface area contributed by atoms with E-state index in [1.165, 1.54) is 17.0 Å². The molecule has 1 aromatic rings. The fourth-order valence-corrected chi connectivity index (χ4v) is 1.95. The van der Waals surface area contributed by atoms with E-state index >= 15 is 0 Å². The van der Waals surface area contributed by atoms with Crippen LogP contribution in [0.5, 0.6) is 5.75 Å². The number of aromatic hydroxyl groups is 1. The Morgan fingerprint density at radius 2 is 2.15 bits per heavy atom. The summed E-state index contributed by atoms with van der Waals surface area (Å²) in [7, 11) is 0. The van der Waals surface area contributed by atoms with Gasteiger partial charge in [-0.15, -0.1) is 0 Å². The van der Waals surface area contributed by atoms with Gasteiger partial charge in [-0.25, -0.2) is 4.79 Å². The Bertz CT molecular complexity index is 489. The average molecular weight is 279 g/mol. The smallest absolute Gasteiger partial charge is 0.410 e. The summed E-state index contributed by atoms with van der Waals surface area (Å²) in [6, 6.07) is 5.79. The lowest BCUT2D eigenvalue weighted by molar-refractivity contribution is -0.124. The van der Waals surface area contributed by atoms with Gasteiger partial charge in [-0.05, 0) is 17.7 Å². The van der Waals surface area contributed by atoms with Crippen LogP contribution >= 0.6 is 0 Å². The number of carbonyl (C=O) groups is 2. The van der Waals surface area contributed by atoms with E-state index in [4.69, 9.17) is 10.5 Å². The molecule has 2 rings (SSSR count). The molecule has 4 N–H and O–H groups in total. The van der Waals surface area contributed by atoms with Crippen molar-refractivity contribution in [3.8, 4) is 5.75 Å². The van der Waals surface area contributed by atoms with Crippen molar-refractivity contribution in [1.29, 1.82) is 0 Å². The number of hydrogen-bond acceptors (Lipinski definition) is 5. The first kappa shape index (κ1) is 14.1. The number of benzene rings is 1. The third-order valence-corrected chi connectivity index (χ3v) is 3.01. The molecule has 0 unspecified atom stereocenters. The molecule has 0 bridgehead atoms. The highest BCUT2D eigenvalue weighted by atomic mass is 16.6. The number of hydrogen-bond donors (Lipinski definition) is 3. The van der Waals surface area contributed by atoms with Gasteiger partial charge in [0.25, 0.3) is 0 Å². The third-order valence-electron chi connectivity index (χ3n) is 3.01. The highest BCUT2D eigenvalue weighted by Gasteiger charge is 2.37. The molecule has 7 nitrogen and oxygen atoms in total. The zero-order valence-electron chi connectivity index (χ0n) is 10.9. The monoisotopic (exact) mass is 279 g/mol. The summed E-state index contributed by atoms with van der Waals surface area (Å²) in [4.78, 5) is 25.0. The molecule has 1 saturated heterocycles. The fourth-order valence-electron chi connectivity index (χ4n) is 1.95. The summed E-state index contributed by atoms with van der Waals surface area (Å²) in [5.41, 5.74) is 6.13. The van der Waals surface area contributed by atoms with Gasteiger partial charge in [-0.3, -0.25) is 9.69 Å². The summed E-state index contributed by atoms with van der Waals surface area (Å²) in [6.45, 7) is 0.981. The van der Waals surface area contributed by atoms with Crippen LogP contribution in [0.3, 0.4) is 0 Å². The minimum Gasteiger partial charge on any atom is -0.508 e. The van der Waals surface area contributed by atoms with E-state index in [1.54, 1.807) is 12.1 Å². The number of amides is 2. The molecule has 0 saturated carbocycles. The predicted molar refractivity (Wildman–Crippen MR) is 70.8 cm³/mol. The van der Waals surface area contributed by atoms with Crippen LogP contribution in [0.4, 0.5) is 4.79 Å². The van der Waals surface area contributed by atoms with Crippen LogP contribution in [0.25, 0.3) is 0 Å². The number of nitrogens with one attached hydrogen (secondary N) is 1. The molecule has 0 aliphatic carbocycles. The van der Waals surface area contributed by atoms with Gasteiger partial charge in [0.1, 0.15) is 18.4 Å². The van der Waals surface area contributed by atoms with Crippen LogP contribution in [0.15, 0.2) is 24.3 Å². The number of ether oxygens (including phenoxy) is 1. The van der Waals surface area contributed by atoms with Crippen LogP contribution in [0.2, 0.25) is 0 Å². The van der Waals surface area contributed by atoms with Crippen molar-refractivity contribution >= 4 is 12.0 Å². The normalized spacial score (nSPS) is 17.9. The molecule has 108 valence electrons. The molecule has 1 aromatic carbocycles. The number of nitrogens with zero attached hydrogens (tertiary/aromatic N) is 1. The summed E-state index contributed by atoms with van der Waals surface area (Å²) in [6.07, 6.45) is -0.522. The molecule has 1 fully saturated rings. The van der Waals surface area contributed by atoms with Crippen LogP contribution in [-0.2, 0) is 16.1 Å². The Kier molecular flexibility index (Phi) is 4.41. The molecule has 20 heavy (non-hydrogen) atoms. The van der Waals surface area contributed by atoms with Gasteiger partial charge in [0, 0.05) is 13.1 Å². The van der Waals surface area contributed by atoms with Gasteiger partial charge in [0.15, 0.2) is 0 Å². The van der Waals surface area contributed by atoms with Crippen molar-refractivity contribution in [2.24, 2.45) is 5.73 Å². The highest BCUT2D eigenvalue weighted by Crippen LogP contribution is 2.18. The Hall–Kier alpha value is -2.28. The van der Waals surface area contributed by atoms with Crippen molar-refractivity contribution in [3.05, 3.63) is 29.8 Å². The molecule has 1 heterocycles. The highest BCUT2D eigenvalue weighted by molar-refractivity contribution is 5.87. The standard InChI is InChI=1S/C13H17N3O4/c14-5-6-15-12(18)11-8-20-13(19)16(11)7-9-1-3-10(17)4-2-9/h1-4,11,17H,5-8,14H2,(H,15,18)/t11-/m0/s1. The van der Waals surface area contributed by atoms with Crippen molar-refractivity contribution in [1.82, 2.24) is 10.2 Å². The minimum absolute atomic E-state index is 0.0350. The van der Waals surface area contributed by atoms with Crippen molar-refractivity contribution in [3.63, 3.8) is 0 Å². The minimum atomic E-state index is -0.650. The van der Waals surface area contributed by atoms with Crippen LogP contribution in [-0.4, -0.2) is 47.7 Å². The van der Waals surface area contributed by atoms with E-state index in [9.17, 15) is 14.7 Å². The molecule has 0 radical (unpaired) electrons. The SMILES string of the molecule is NCCNC(=O)[C@@H]1COC(=O)N1Cc1ccc(O)cc1. The first-order chi connectivity index (χ1) is 9.61. The summed E-state index contributed by atoms with van der Waals surface area (Å²) >= 11 is 0. The van der Waals surface area contributed by atoms with E-state index in [0.29, 0.717) is 13.1 Å². The lowest BCUT2D eigenvalue weighted by Crippen LogP contribution is -2.46. The maximum absolute atomic E-state index is 11.9. The molecule has 2 amide bonds. The zero-order valence-corrected chi connectivity index (χ0v) is 10.9. The van der Waals surface area contributed by atoms with Crippen molar-refractivity contribution in [2.75, 3.05) is 19.7 Å². The van der Waals surface area contributed by atoms with Gasteiger partial charge in [0.2, 0.25) is 5.91 Å². The van der Waals surface area contributed by atoms with E-state index in [2.05, 4.69) is 5.32 Å². The maximum atomic E-state index is 11.9. The zero-order chi connectivity index (χ0) is 14.5. The Labute approximate surface area is 116 Å². The van der Waals surface area contributed by atoms with Crippen LogP contribution < -0.4 is 11.1 Å². The van der Waals surface area contributed by atoms with Gasteiger partial charge < -0.3 is 20.9 Å². The van der Waals surface area contributed by atoms with Crippen molar-refractivity contribution in [2.45, 2.75) is 12.6 Å². The number of cyclic esters (lactones) is 1. The quantitative estimate of drug-likeness (QED) is 0.691. The number of rotatable bonds is 5. The number of nitrogens with two attached hydrogens (primary N) is 1.